The predicted octanol–water partition coefficient (Wildman–Crippen LogP) is 2.89. The van der Waals surface area contributed by atoms with Gasteiger partial charge in [-0.15, -0.1) is 0 Å². The fourth-order valence-corrected chi connectivity index (χ4v) is 1.65. The lowest BCUT2D eigenvalue weighted by molar-refractivity contribution is -0.117. The molecular weight excluding hydrogens is 226 g/mol. The van der Waals surface area contributed by atoms with E-state index in [1.165, 1.54) is 0 Å². The van der Waals surface area contributed by atoms with Gasteiger partial charge in [0.1, 0.15) is 5.82 Å². The van der Waals surface area contributed by atoms with Gasteiger partial charge in [-0.2, -0.15) is 0 Å². The van der Waals surface area contributed by atoms with E-state index in [9.17, 15) is 4.79 Å². The fourth-order valence-electron chi connectivity index (χ4n) is 1.65. The molecule has 18 heavy (non-hydrogen) atoms. The number of hydrogen-bond acceptors (Lipinski definition) is 3. The zero-order chi connectivity index (χ0) is 13.0. The molecule has 1 fully saturated rings. The van der Waals surface area contributed by atoms with Crippen molar-refractivity contribution < 1.29 is 4.79 Å². The molecule has 4 heteroatoms. The van der Waals surface area contributed by atoms with E-state index in [-0.39, 0.29) is 11.8 Å². The van der Waals surface area contributed by atoms with Crippen LogP contribution in [0.4, 0.5) is 11.5 Å². The highest BCUT2D eigenvalue weighted by Gasteiger charge is 2.29. The van der Waals surface area contributed by atoms with E-state index in [1.807, 2.05) is 12.1 Å². The molecule has 1 amide bonds. The van der Waals surface area contributed by atoms with Gasteiger partial charge < -0.3 is 10.6 Å². The van der Waals surface area contributed by atoms with E-state index in [2.05, 4.69) is 29.5 Å². The first-order chi connectivity index (χ1) is 8.65. The van der Waals surface area contributed by atoms with Crippen molar-refractivity contribution in [1.29, 1.82) is 0 Å². The Bertz CT molecular complexity index is 396. The highest BCUT2D eigenvalue weighted by atomic mass is 16.2. The van der Waals surface area contributed by atoms with Crippen LogP contribution in [0.1, 0.15) is 33.1 Å². The summed E-state index contributed by atoms with van der Waals surface area (Å²) in [5, 5.41) is 6.14. The van der Waals surface area contributed by atoms with Gasteiger partial charge in [-0.3, -0.25) is 4.79 Å². The van der Waals surface area contributed by atoms with Crippen molar-refractivity contribution in [2.45, 2.75) is 33.1 Å². The third-order valence-electron chi connectivity index (χ3n) is 3.01. The summed E-state index contributed by atoms with van der Waals surface area (Å²) in [4.78, 5) is 15.8. The second kappa shape index (κ2) is 5.85. The molecule has 98 valence electrons. The van der Waals surface area contributed by atoms with Gasteiger partial charge in [-0.05, 0) is 37.3 Å². The Morgan fingerprint density at radius 2 is 2.22 bits per heavy atom. The Balaban J connectivity index is 1.79. The van der Waals surface area contributed by atoms with Gasteiger partial charge in [-0.25, -0.2) is 4.98 Å². The van der Waals surface area contributed by atoms with Crippen LogP contribution < -0.4 is 10.6 Å². The Hall–Kier alpha value is -1.58. The summed E-state index contributed by atoms with van der Waals surface area (Å²) in [6, 6.07) is 3.80. The summed E-state index contributed by atoms with van der Waals surface area (Å²) >= 11 is 0. The number of carbonyl (C=O) groups is 1. The largest absolute Gasteiger partial charge is 0.370 e. The first-order valence-electron chi connectivity index (χ1n) is 6.66. The third-order valence-corrected chi connectivity index (χ3v) is 3.01. The van der Waals surface area contributed by atoms with Crippen LogP contribution in [-0.2, 0) is 4.79 Å². The van der Waals surface area contributed by atoms with Crippen molar-refractivity contribution in [3.05, 3.63) is 18.3 Å². The molecule has 2 rings (SSSR count). The summed E-state index contributed by atoms with van der Waals surface area (Å²) in [6.07, 6.45) is 4.88. The highest BCUT2D eigenvalue weighted by molar-refractivity contribution is 5.93. The average molecular weight is 247 g/mol. The second-order valence-electron chi connectivity index (χ2n) is 5.30. The van der Waals surface area contributed by atoms with Crippen LogP contribution in [0.3, 0.4) is 0 Å². The molecule has 1 saturated carbocycles. The normalized spacial score (nSPS) is 14.6. The molecule has 0 aliphatic heterocycles. The molecule has 0 bridgehead atoms. The maximum absolute atomic E-state index is 11.6. The zero-order valence-corrected chi connectivity index (χ0v) is 11.1. The van der Waals surface area contributed by atoms with Crippen molar-refractivity contribution in [2.24, 2.45) is 11.8 Å². The minimum Gasteiger partial charge on any atom is -0.370 e. The van der Waals surface area contributed by atoms with Crippen LogP contribution in [-0.4, -0.2) is 17.4 Å². The van der Waals surface area contributed by atoms with Gasteiger partial charge in [0.05, 0.1) is 11.9 Å². The molecule has 0 aromatic carbocycles. The lowest BCUT2D eigenvalue weighted by Gasteiger charge is -2.08. The van der Waals surface area contributed by atoms with Gasteiger partial charge in [0.25, 0.3) is 0 Å². The smallest absolute Gasteiger partial charge is 0.227 e. The number of pyridine rings is 1. The standard InChI is InChI=1S/C14H21N3O/c1-10(2)7-8-15-13-6-5-12(9-16-13)17-14(18)11-3-4-11/h5-6,9-11H,3-4,7-8H2,1-2H3,(H,15,16)(H,17,18). The van der Waals surface area contributed by atoms with E-state index >= 15 is 0 Å². The Labute approximate surface area is 108 Å². The minimum atomic E-state index is 0.123. The molecule has 2 N–H and O–H groups in total. The van der Waals surface area contributed by atoms with E-state index in [1.54, 1.807) is 6.20 Å². The van der Waals surface area contributed by atoms with Crippen molar-refractivity contribution in [1.82, 2.24) is 4.98 Å². The third kappa shape index (κ3) is 4.02. The number of carbonyl (C=O) groups excluding carboxylic acids is 1. The van der Waals surface area contributed by atoms with Crippen LogP contribution >= 0.6 is 0 Å². The number of aromatic nitrogens is 1. The number of nitrogens with zero attached hydrogens (tertiary/aromatic N) is 1. The first kappa shape index (κ1) is 12.9. The van der Waals surface area contributed by atoms with Crippen LogP contribution in [0, 0.1) is 11.8 Å². The number of anilines is 2. The number of rotatable bonds is 6. The van der Waals surface area contributed by atoms with Crippen molar-refractivity contribution in [3.8, 4) is 0 Å². The average Bonchev–Trinajstić information content (AvgIpc) is 3.15. The van der Waals surface area contributed by atoms with Crippen molar-refractivity contribution in [3.63, 3.8) is 0 Å². The zero-order valence-electron chi connectivity index (χ0n) is 11.1. The molecule has 4 nitrogen and oxygen atoms in total. The molecule has 0 saturated heterocycles. The van der Waals surface area contributed by atoms with Crippen LogP contribution in [0.25, 0.3) is 0 Å². The van der Waals surface area contributed by atoms with Gasteiger partial charge in [-0.1, -0.05) is 13.8 Å². The minimum absolute atomic E-state index is 0.123. The SMILES string of the molecule is CC(C)CCNc1ccc(NC(=O)C2CC2)cn1. The molecule has 0 spiro atoms. The van der Waals surface area contributed by atoms with E-state index in [4.69, 9.17) is 0 Å². The Kier molecular flexibility index (Phi) is 4.18. The summed E-state index contributed by atoms with van der Waals surface area (Å²) < 4.78 is 0. The monoisotopic (exact) mass is 247 g/mol. The molecule has 1 aromatic rings. The molecular formula is C14H21N3O. The molecule has 0 unspecified atom stereocenters. The highest BCUT2D eigenvalue weighted by Crippen LogP contribution is 2.30. The Morgan fingerprint density at radius 1 is 1.44 bits per heavy atom. The van der Waals surface area contributed by atoms with Crippen LogP contribution in [0.5, 0.6) is 0 Å². The van der Waals surface area contributed by atoms with Gasteiger partial charge in [0.15, 0.2) is 0 Å². The van der Waals surface area contributed by atoms with Crippen LogP contribution in [0.2, 0.25) is 0 Å². The molecule has 0 radical (unpaired) electrons. The Morgan fingerprint density at radius 3 is 2.78 bits per heavy atom. The summed E-state index contributed by atoms with van der Waals surface area (Å²) in [5.41, 5.74) is 0.779. The van der Waals surface area contributed by atoms with E-state index in [0.29, 0.717) is 5.92 Å². The lowest BCUT2D eigenvalue weighted by atomic mass is 10.1. The topological polar surface area (TPSA) is 54.0 Å². The first-order valence-corrected chi connectivity index (χ1v) is 6.66. The fraction of sp³-hybridized carbons (Fsp3) is 0.571. The van der Waals surface area contributed by atoms with Gasteiger partial charge in [0.2, 0.25) is 5.91 Å². The molecule has 1 heterocycles. The summed E-state index contributed by atoms with van der Waals surface area (Å²) in [5.74, 6) is 1.90. The molecule has 0 atom stereocenters. The quantitative estimate of drug-likeness (QED) is 0.812. The maximum Gasteiger partial charge on any atom is 0.227 e. The number of hydrogen-bond donors (Lipinski definition) is 2. The van der Waals surface area contributed by atoms with Gasteiger partial charge in [0, 0.05) is 12.5 Å². The summed E-state index contributed by atoms with van der Waals surface area (Å²) in [7, 11) is 0. The predicted molar refractivity (Wildman–Crippen MR) is 73.5 cm³/mol. The maximum atomic E-state index is 11.6. The second-order valence-corrected chi connectivity index (χ2v) is 5.30. The number of nitrogens with one attached hydrogen (secondary N) is 2. The van der Waals surface area contributed by atoms with E-state index in [0.717, 1.165) is 37.3 Å². The molecule has 1 aliphatic carbocycles. The number of amides is 1. The lowest BCUT2D eigenvalue weighted by Crippen LogP contribution is -2.13. The molecule has 1 aliphatic rings. The van der Waals surface area contributed by atoms with Crippen molar-refractivity contribution >= 4 is 17.4 Å². The molecule has 1 aromatic heterocycles. The summed E-state index contributed by atoms with van der Waals surface area (Å²) in [6.45, 7) is 5.33. The van der Waals surface area contributed by atoms with E-state index < -0.39 is 0 Å². The van der Waals surface area contributed by atoms with Crippen molar-refractivity contribution in [2.75, 3.05) is 17.2 Å². The van der Waals surface area contributed by atoms with Crippen LogP contribution in [0.15, 0.2) is 18.3 Å². The van der Waals surface area contributed by atoms with Gasteiger partial charge >= 0.3 is 0 Å².